The minimum Gasteiger partial charge on any atom is -0.386 e. The Bertz CT molecular complexity index is 383. The van der Waals surface area contributed by atoms with Gasteiger partial charge in [-0.1, -0.05) is 95.8 Å². The van der Waals surface area contributed by atoms with E-state index in [0.29, 0.717) is 5.92 Å². The van der Waals surface area contributed by atoms with Crippen molar-refractivity contribution in [2.45, 2.75) is 131 Å². The molecular formula is C25H48O. The van der Waals surface area contributed by atoms with Crippen LogP contribution in [0.15, 0.2) is 23.3 Å². The van der Waals surface area contributed by atoms with E-state index in [-0.39, 0.29) is 0 Å². The molecule has 1 atom stereocenters. The molecule has 0 amide bonds. The topological polar surface area (TPSA) is 20.2 Å². The molecule has 0 aromatic heterocycles. The highest BCUT2D eigenvalue weighted by atomic mass is 16.3. The molecule has 0 aliphatic heterocycles. The van der Waals surface area contributed by atoms with Crippen molar-refractivity contribution >= 4 is 0 Å². The normalized spacial score (nSPS) is 14.7. The first-order valence-corrected chi connectivity index (χ1v) is 11.4. The van der Waals surface area contributed by atoms with Crippen LogP contribution in [0.4, 0.5) is 0 Å². The highest BCUT2D eigenvalue weighted by Crippen LogP contribution is 2.25. The molecule has 0 rings (SSSR count). The van der Waals surface area contributed by atoms with Gasteiger partial charge in [-0.15, -0.1) is 0 Å². The predicted octanol–water partition coefficient (Wildman–Crippen LogP) is 8.38. The predicted molar refractivity (Wildman–Crippen MR) is 119 cm³/mol. The van der Waals surface area contributed by atoms with Crippen LogP contribution in [0.5, 0.6) is 0 Å². The Morgan fingerprint density at radius 1 is 0.808 bits per heavy atom. The maximum absolute atomic E-state index is 10.1. The molecule has 0 fully saturated rings. The zero-order chi connectivity index (χ0) is 19.8. The Morgan fingerprint density at radius 3 is 1.73 bits per heavy atom. The fraction of sp³-hybridized carbons (Fsp3) is 0.840. The van der Waals surface area contributed by atoms with Crippen LogP contribution in [0, 0.1) is 5.92 Å². The van der Waals surface area contributed by atoms with E-state index in [1.54, 1.807) is 0 Å². The van der Waals surface area contributed by atoms with Gasteiger partial charge >= 0.3 is 0 Å². The molecule has 0 saturated carbocycles. The second-order valence-corrected chi connectivity index (χ2v) is 8.80. The highest BCUT2D eigenvalue weighted by molar-refractivity contribution is 5.20. The number of allylic oxidation sites excluding steroid dienone is 3. The van der Waals surface area contributed by atoms with Gasteiger partial charge in [0, 0.05) is 0 Å². The van der Waals surface area contributed by atoms with Crippen LogP contribution in [0.1, 0.15) is 125 Å². The van der Waals surface area contributed by atoms with Gasteiger partial charge < -0.3 is 5.11 Å². The number of rotatable bonds is 16. The summed E-state index contributed by atoms with van der Waals surface area (Å²) in [5, 5.41) is 10.1. The average molecular weight is 365 g/mol. The third-order valence-corrected chi connectivity index (χ3v) is 5.88. The molecule has 0 aromatic carbocycles. The molecule has 0 heterocycles. The zero-order valence-electron chi connectivity index (χ0n) is 18.9. The first-order chi connectivity index (χ1) is 12.3. The van der Waals surface area contributed by atoms with Crippen molar-refractivity contribution in [1.82, 2.24) is 0 Å². The zero-order valence-corrected chi connectivity index (χ0v) is 18.9. The van der Waals surface area contributed by atoms with Gasteiger partial charge in [0.1, 0.15) is 0 Å². The summed E-state index contributed by atoms with van der Waals surface area (Å²) < 4.78 is 0. The third-order valence-electron chi connectivity index (χ3n) is 5.88. The van der Waals surface area contributed by atoms with Gasteiger partial charge in [-0.05, 0) is 58.4 Å². The van der Waals surface area contributed by atoms with E-state index in [4.69, 9.17) is 0 Å². The molecule has 1 heteroatoms. The molecule has 0 aliphatic carbocycles. The molecule has 154 valence electrons. The van der Waals surface area contributed by atoms with Crippen LogP contribution in [0.3, 0.4) is 0 Å². The minimum atomic E-state index is -0.697. The van der Waals surface area contributed by atoms with Crippen molar-refractivity contribution in [3.8, 4) is 0 Å². The molecule has 1 unspecified atom stereocenters. The van der Waals surface area contributed by atoms with Crippen molar-refractivity contribution < 1.29 is 5.11 Å². The molecule has 0 aliphatic rings. The van der Waals surface area contributed by atoms with Crippen LogP contribution < -0.4 is 0 Å². The molecular weight excluding hydrogens is 316 g/mol. The average Bonchev–Trinajstić information content (AvgIpc) is 2.59. The van der Waals surface area contributed by atoms with Gasteiger partial charge in [-0.2, -0.15) is 0 Å². The standard InChI is InChI=1S/C25H48O/c1-7-8-9-10-11-12-13-14-15-16-17-18-19-20-21-22(2)23(3)24(4)25(5,6)26/h19-20,22,26H,7-18,21H2,1-6H3. The van der Waals surface area contributed by atoms with Gasteiger partial charge in [0.25, 0.3) is 0 Å². The summed E-state index contributed by atoms with van der Waals surface area (Å²) in [6.07, 6.45) is 22.5. The Balaban J connectivity index is 3.62. The fourth-order valence-electron chi connectivity index (χ4n) is 3.37. The van der Waals surface area contributed by atoms with Crippen molar-refractivity contribution in [3.63, 3.8) is 0 Å². The lowest BCUT2D eigenvalue weighted by Gasteiger charge is -2.24. The van der Waals surface area contributed by atoms with Gasteiger partial charge in [0.15, 0.2) is 0 Å². The Morgan fingerprint density at radius 2 is 1.27 bits per heavy atom. The van der Waals surface area contributed by atoms with Crippen LogP contribution >= 0.6 is 0 Å². The Labute approximate surface area is 165 Å². The Hall–Kier alpha value is -0.560. The summed E-state index contributed by atoms with van der Waals surface area (Å²) in [7, 11) is 0. The minimum absolute atomic E-state index is 0.509. The van der Waals surface area contributed by atoms with Crippen molar-refractivity contribution in [2.75, 3.05) is 0 Å². The van der Waals surface area contributed by atoms with E-state index in [9.17, 15) is 5.11 Å². The smallest absolute Gasteiger partial charge is 0.0800 e. The number of unbranched alkanes of at least 4 members (excludes halogenated alkanes) is 11. The molecule has 26 heavy (non-hydrogen) atoms. The highest BCUT2D eigenvalue weighted by Gasteiger charge is 2.19. The Kier molecular flexibility index (Phi) is 15.2. The third kappa shape index (κ3) is 13.6. The molecule has 0 radical (unpaired) electrons. The van der Waals surface area contributed by atoms with E-state index < -0.39 is 5.60 Å². The quantitative estimate of drug-likeness (QED) is 0.215. The summed E-state index contributed by atoms with van der Waals surface area (Å²) in [6.45, 7) is 12.5. The SMILES string of the molecule is CCCCCCCCCCCCCC=CCC(C)C(C)=C(C)C(C)(C)O. The second kappa shape index (κ2) is 15.5. The van der Waals surface area contributed by atoms with Crippen molar-refractivity contribution in [1.29, 1.82) is 0 Å². The molecule has 0 bridgehead atoms. The van der Waals surface area contributed by atoms with E-state index in [1.165, 1.54) is 82.6 Å². The van der Waals surface area contributed by atoms with E-state index >= 15 is 0 Å². The van der Waals surface area contributed by atoms with Crippen LogP contribution in [-0.2, 0) is 0 Å². The van der Waals surface area contributed by atoms with Crippen LogP contribution in [-0.4, -0.2) is 10.7 Å². The number of hydrogen-bond donors (Lipinski definition) is 1. The second-order valence-electron chi connectivity index (χ2n) is 8.80. The van der Waals surface area contributed by atoms with Gasteiger partial charge in [-0.25, -0.2) is 0 Å². The van der Waals surface area contributed by atoms with Crippen LogP contribution in [0.2, 0.25) is 0 Å². The van der Waals surface area contributed by atoms with Gasteiger partial charge in [0.2, 0.25) is 0 Å². The first-order valence-electron chi connectivity index (χ1n) is 11.4. The summed E-state index contributed by atoms with van der Waals surface area (Å²) in [6, 6.07) is 0. The van der Waals surface area contributed by atoms with Crippen molar-refractivity contribution in [2.24, 2.45) is 5.92 Å². The fourth-order valence-corrected chi connectivity index (χ4v) is 3.37. The van der Waals surface area contributed by atoms with Crippen LogP contribution in [0.25, 0.3) is 0 Å². The summed E-state index contributed by atoms with van der Waals surface area (Å²) in [5.41, 5.74) is 1.75. The largest absolute Gasteiger partial charge is 0.386 e. The van der Waals surface area contributed by atoms with Crippen molar-refractivity contribution in [3.05, 3.63) is 23.3 Å². The molecule has 0 aromatic rings. The molecule has 1 nitrogen and oxygen atoms in total. The lowest BCUT2D eigenvalue weighted by molar-refractivity contribution is 0.118. The first kappa shape index (κ1) is 25.4. The maximum Gasteiger partial charge on any atom is 0.0800 e. The maximum atomic E-state index is 10.1. The summed E-state index contributed by atoms with van der Waals surface area (Å²) in [4.78, 5) is 0. The van der Waals surface area contributed by atoms with E-state index in [0.717, 1.165) is 12.0 Å². The lowest BCUT2D eigenvalue weighted by atomic mass is 9.87. The summed E-state index contributed by atoms with van der Waals surface area (Å²) in [5.74, 6) is 0.509. The van der Waals surface area contributed by atoms with Gasteiger partial charge in [-0.3, -0.25) is 0 Å². The number of hydrogen-bond acceptors (Lipinski definition) is 1. The van der Waals surface area contributed by atoms with E-state index in [2.05, 4.69) is 39.8 Å². The van der Waals surface area contributed by atoms with E-state index in [1.807, 2.05) is 13.8 Å². The molecule has 1 N–H and O–H groups in total. The monoisotopic (exact) mass is 364 g/mol. The summed E-state index contributed by atoms with van der Waals surface area (Å²) >= 11 is 0. The number of aliphatic hydroxyl groups is 1. The lowest BCUT2D eigenvalue weighted by Crippen LogP contribution is -2.22. The molecule has 0 saturated heterocycles. The van der Waals surface area contributed by atoms with Gasteiger partial charge in [0.05, 0.1) is 5.60 Å². The molecule has 0 spiro atoms.